The summed E-state index contributed by atoms with van der Waals surface area (Å²) in [5.74, 6) is 7.81. The summed E-state index contributed by atoms with van der Waals surface area (Å²) in [6.45, 7) is 1.64. The monoisotopic (exact) mass is 418 g/mol. The van der Waals surface area contributed by atoms with Gasteiger partial charge in [-0.3, -0.25) is 0 Å². The molecule has 0 atom stereocenters. The van der Waals surface area contributed by atoms with Gasteiger partial charge in [0.2, 0.25) is 5.88 Å². The fraction of sp³-hybridized carbons (Fsp3) is 0.440. The molecule has 30 heavy (non-hydrogen) atoms. The first-order chi connectivity index (χ1) is 14.8. The van der Waals surface area contributed by atoms with Gasteiger partial charge in [0.05, 0.1) is 4.88 Å². The second-order valence-electron chi connectivity index (χ2n) is 8.15. The maximum Gasteiger partial charge on any atom is 0.214 e. The Hall–Kier alpha value is -2.42. The zero-order valence-corrected chi connectivity index (χ0v) is 17.9. The lowest BCUT2D eigenvalue weighted by Gasteiger charge is -2.22. The average molecular weight is 419 g/mol. The van der Waals surface area contributed by atoms with E-state index in [0.717, 1.165) is 71.0 Å². The predicted molar refractivity (Wildman–Crippen MR) is 121 cm³/mol. The van der Waals surface area contributed by atoms with Crippen molar-refractivity contribution in [2.24, 2.45) is 5.92 Å². The first-order valence-electron chi connectivity index (χ1n) is 11.0. The number of pyridine rings is 1. The molecule has 2 aliphatic rings. The number of nitrogens with zero attached hydrogens (tertiary/aromatic N) is 2. The van der Waals surface area contributed by atoms with E-state index in [4.69, 9.17) is 9.47 Å². The standard InChI is InChI=1S/C25H26N2O2S/c1-2-4-22(5-3-1)29-24-15-21-14-19(7-8-20(21)16-26-24)23-17-27-25(30-23)9-6-18-10-12-28-13-11-18/h7-8,14-18,22H,1-5,10-13H2. The van der Waals surface area contributed by atoms with Gasteiger partial charge < -0.3 is 9.47 Å². The molecule has 0 unspecified atom stereocenters. The Morgan fingerprint density at radius 2 is 1.80 bits per heavy atom. The Balaban J connectivity index is 1.34. The summed E-state index contributed by atoms with van der Waals surface area (Å²) in [4.78, 5) is 10.2. The Morgan fingerprint density at radius 3 is 2.67 bits per heavy atom. The molecule has 0 spiro atoms. The molecule has 0 N–H and O–H groups in total. The van der Waals surface area contributed by atoms with Crippen LogP contribution in [0.15, 0.2) is 36.7 Å². The highest BCUT2D eigenvalue weighted by atomic mass is 32.1. The van der Waals surface area contributed by atoms with Gasteiger partial charge >= 0.3 is 0 Å². The first kappa shape index (κ1) is 19.5. The van der Waals surface area contributed by atoms with Crippen molar-refractivity contribution in [3.05, 3.63) is 41.7 Å². The number of benzene rings is 1. The normalized spacial score (nSPS) is 18.1. The van der Waals surface area contributed by atoms with E-state index in [-0.39, 0.29) is 0 Å². The molecule has 0 amide bonds. The van der Waals surface area contributed by atoms with Crippen molar-refractivity contribution in [3.63, 3.8) is 0 Å². The molecule has 3 aromatic rings. The van der Waals surface area contributed by atoms with Gasteiger partial charge in [0.15, 0.2) is 5.01 Å². The maximum atomic E-state index is 6.15. The second kappa shape index (κ2) is 9.16. The SMILES string of the molecule is C(#CC1CCOCC1)c1ncc(-c2ccc3cnc(OC4CCCCC4)cc3c2)s1. The fourth-order valence-corrected chi connectivity index (χ4v) is 4.94. The summed E-state index contributed by atoms with van der Waals surface area (Å²) in [5, 5.41) is 3.16. The van der Waals surface area contributed by atoms with Crippen molar-refractivity contribution in [1.82, 2.24) is 9.97 Å². The lowest BCUT2D eigenvalue weighted by molar-refractivity contribution is 0.0807. The summed E-state index contributed by atoms with van der Waals surface area (Å²) in [5.41, 5.74) is 1.16. The second-order valence-corrected chi connectivity index (χ2v) is 9.18. The Labute approximate surface area is 181 Å². The van der Waals surface area contributed by atoms with Gasteiger partial charge in [0, 0.05) is 43.0 Å². The van der Waals surface area contributed by atoms with Gasteiger partial charge in [-0.05, 0) is 61.5 Å². The van der Waals surface area contributed by atoms with Gasteiger partial charge in [-0.1, -0.05) is 24.5 Å². The summed E-state index contributed by atoms with van der Waals surface area (Å²) in [6, 6.07) is 8.53. The molecule has 5 rings (SSSR count). The number of thiazole rings is 1. The average Bonchev–Trinajstić information content (AvgIpc) is 3.28. The zero-order chi connectivity index (χ0) is 20.2. The Morgan fingerprint density at radius 1 is 0.933 bits per heavy atom. The molecule has 0 bridgehead atoms. The summed E-state index contributed by atoms with van der Waals surface area (Å²) >= 11 is 1.65. The van der Waals surface area contributed by atoms with Crippen LogP contribution in [0.2, 0.25) is 0 Å². The lowest BCUT2D eigenvalue weighted by atomic mass is 9.98. The van der Waals surface area contributed by atoms with Crippen LogP contribution in [0.4, 0.5) is 0 Å². The summed E-state index contributed by atoms with van der Waals surface area (Å²) in [7, 11) is 0. The van der Waals surface area contributed by atoms with Gasteiger partial charge in [0.25, 0.3) is 0 Å². The van der Waals surface area contributed by atoms with E-state index in [1.54, 1.807) is 11.3 Å². The lowest BCUT2D eigenvalue weighted by Crippen LogP contribution is -2.20. The van der Waals surface area contributed by atoms with E-state index in [0.29, 0.717) is 12.0 Å². The van der Waals surface area contributed by atoms with E-state index in [9.17, 15) is 0 Å². The molecule has 2 aromatic heterocycles. The zero-order valence-electron chi connectivity index (χ0n) is 17.1. The minimum atomic E-state index is 0.310. The topological polar surface area (TPSA) is 44.2 Å². The molecule has 1 aliphatic carbocycles. The van der Waals surface area contributed by atoms with E-state index in [2.05, 4.69) is 46.1 Å². The summed E-state index contributed by atoms with van der Waals surface area (Å²) in [6.07, 6.45) is 12.3. The van der Waals surface area contributed by atoms with Gasteiger partial charge in [0.1, 0.15) is 6.10 Å². The van der Waals surface area contributed by atoms with Crippen molar-refractivity contribution < 1.29 is 9.47 Å². The van der Waals surface area contributed by atoms with Gasteiger partial charge in [-0.2, -0.15) is 0 Å². The number of fused-ring (bicyclic) bond motifs is 1. The molecule has 2 fully saturated rings. The quantitative estimate of drug-likeness (QED) is 0.501. The molecular formula is C25H26N2O2S. The van der Waals surface area contributed by atoms with Gasteiger partial charge in [-0.25, -0.2) is 9.97 Å². The number of hydrogen-bond donors (Lipinski definition) is 0. The van der Waals surface area contributed by atoms with Crippen LogP contribution in [-0.4, -0.2) is 29.3 Å². The molecular weight excluding hydrogens is 392 g/mol. The van der Waals surface area contributed by atoms with Crippen LogP contribution in [0.3, 0.4) is 0 Å². The molecule has 1 saturated carbocycles. The van der Waals surface area contributed by atoms with Crippen molar-refractivity contribution in [2.75, 3.05) is 13.2 Å². The van der Waals surface area contributed by atoms with Crippen LogP contribution < -0.4 is 4.74 Å². The fourth-order valence-electron chi connectivity index (χ4n) is 4.16. The third-order valence-electron chi connectivity index (χ3n) is 5.93. The maximum absolute atomic E-state index is 6.15. The van der Waals surface area contributed by atoms with E-state index in [1.165, 1.54) is 19.3 Å². The molecule has 1 aliphatic heterocycles. The smallest absolute Gasteiger partial charge is 0.214 e. The number of aromatic nitrogens is 2. The van der Waals surface area contributed by atoms with Crippen LogP contribution in [-0.2, 0) is 4.74 Å². The largest absolute Gasteiger partial charge is 0.474 e. The predicted octanol–water partition coefficient (Wildman–Crippen LogP) is 5.85. The molecule has 1 aromatic carbocycles. The van der Waals surface area contributed by atoms with E-state index < -0.39 is 0 Å². The highest BCUT2D eigenvalue weighted by Crippen LogP contribution is 2.30. The first-order valence-corrected chi connectivity index (χ1v) is 11.8. The molecule has 1 saturated heterocycles. The van der Waals surface area contributed by atoms with Gasteiger partial charge in [-0.15, -0.1) is 11.3 Å². The van der Waals surface area contributed by atoms with Crippen molar-refractivity contribution >= 4 is 22.1 Å². The van der Waals surface area contributed by atoms with Crippen LogP contribution in [0, 0.1) is 17.8 Å². The minimum absolute atomic E-state index is 0.310. The minimum Gasteiger partial charge on any atom is -0.474 e. The molecule has 3 heterocycles. The highest BCUT2D eigenvalue weighted by Gasteiger charge is 2.16. The van der Waals surface area contributed by atoms with Crippen molar-refractivity contribution in [3.8, 4) is 28.2 Å². The Kier molecular flexibility index (Phi) is 5.96. The molecule has 0 radical (unpaired) electrons. The highest BCUT2D eigenvalue weighted by molar-refractivity contribution is 7.15. The number of hydrogen-bond acceptors (Lipinski definition) is 5. The van der Waals surface area contributed by atoms with Crippen LogP contribution in [0.1, 0.15) is 50.0 Å². The van der Waals surface area contributed by atoms with Crippen LogP contribution in [0.5, 0.6) is 5.88 Å². The molecule has 154 valence electrons. The van der Waals surface area contributed by atoms with E-state index in [1.807, 2.05) is 12.4 Å². The number of rotatable bonds is 3. The van der Waals surface area contributed by atoms with Crippen molar-refractivity contribution in [1.29, 1.82) is 0 Å². The molecule has 5 heteroatoms. The number of ether oxygens (including phenoxy) is 2. The Bertz CT molecular complexity index is 1070. The van der Waals surface area contributed by atoms with Crippen molar-refractivity contribution in [2.45, 2.75) is 51.0 Å². The third-order valence-corrected chi connectivity index (χ3v) is 6.89. The van der Waals surface area contributed by atoms with Crippen LogP contribution in [0.25, 0.3) is 21.2 Å². The van der Waals surface area contributed by atoms with Crippen LogP contribution >= 0.6 is 11.3 Å². The third kappa shape index (κ3) is 4.66. The van der Waals surface area contributed by atoms with E-state index >= 15 is 0 Å². The summed E-state index contributed by atoms with van der Waals surface area (Å²) < 4.78 is 11.6. The molecule has 4 nitrogen and oxygen atoms in total.